The molecule has 10 nitrogen and oxygen atoms in total. The van der Waals surface area contributed by atoms with Crippen molar-refractivity contribution < 1.29 is 47.6 Å². The summed E-state index contributed by atoms with van der Waals surface area (Å²) in [7, 11) is 8.55. The molecule has 4 rings (SSSR count). The van der Waals surface area contributed by atoms with Gasteiger partial charge in [-0.2, -0.15) is 0 Å². The van der Waals surface area contributed by atoms with E-state index in [2.05, 4.69) is 0 Å². The summed E-state index contributed by atoms with van der Waals surface area (Å²) in [5, 5.41) is 0. The molecule has 0 radical (unpaired) electrons. The van der Waals surface area contributed by atoms with Gasteiger partial charge in [0.05, 0.1) is 53.8 Å². The average Bonchev–Trinajstić information content (AvgIpc) is 3.08. The average molecular weight is 599 g/mol. The Bertz CT molecular complexity index is 1630. The van der Waals surface area contributed by atoms with Crippen LogP contribution in [-0.4, -0.2) is 65.8 Å². The van der Waals surface area contributed by atoms with Crippen molar-refractivity contribution >= 4 is 23.1 Å². The van der Waals surface area contributed by atoms with Gasteiger partial charge in [0.15, 0.2) is 23.0 Å². The zero-order valence-corrected chi connectivity index (χ0v) is 25.0. The molecule has 0 heterocycles. The van der Waals surface area contributed by atoms with E-state index in [4.69, 9.17) is 28.4 Å². The van der Waals surface area contributed by atoms with Crippen molar-refractivity contribution in [2.45, 2.75) is 0 Å². The van der Waals surface area contributed by atoms with E-state index in [9.17, 15) is 19.2 Å². The van der Waals surface area contributed by atoms with Crippen LogP contribution in [-0.2, 0) is 0 Å². The first-order valence-electron chi connectivity index (χ1n) is 13.2. The third kappa shape index (κ3) is 6.10. The van der Waals surface area contributed by atoms with Crippen molar-refractivity contribution in [2.75, 3.05) is 42.7 Å². The summed E-state index contributed by atoms with van der Waals surface area (Å²) in [5.74, 6) is -1.43. The Labute approximate surface area is 254 Å². The van der Waals surface area contributed by atoms with Gasteiger partial charge in [-0.1, -0.05) is 12.1 Å². The van der Waals surface area contributed by atoms with Crippen LogP contribution in [0.1, 0.15) is 41.4 Å². The molecule has 0 aromatic heterocycles. The van der Waals surface area contributed by atoms with Crippen molar-refractivity contribution in [3.63, 3.8) is 0 Å². The van der Waals surface area contributed by atoms with Crippen LogP contribution in [0.3, 0.4) is 0 Å². The first-order valence-corrected chi connectivity index (χ1v) is 13.2. The van der Waals surface area contributed by atoms with Gasteiger partial charge in [-0.25, -0.2) is 0 Å². The number of carbonyl (C=O) groups is 4. The van der Waals surface area contributed by atoms with E-state index in [0.29, 0.717) is 34.1 Å². The highest BCUT2D eigenvalue weighted by Crippen LogP contribution is 2.34. The van der Waals surface area contributed by atoms with Gasteiger partial charge in [-0.05, 0) is 71.8 Å². The summed E-state index contributed by atoms with van der Waals surface area (Å²) in [6.45, 7) is 0. The van der Waals surface area contributed by atoms with Gasteiger partial charge in [0.1, 0.15) is 11.5 Å². The second kappa shape index (κ2) is 13.6. The first-order chi connectivity index (χ1) is 21.2. The number of methoxy groups -OCH3 is 6. The minimum Gasteiger partial charge on any atom is -0.496 e. The number of hydrogen-bond acceptors (Lipinski definition) is 10. The minimum absolute atomic E-state index is 0.00915. The highest BCUT2D eigenvalue weighted by atomic mass is 16.5. The van der Waals surface area contributed by atoms with E-state index in [1.54, 1.807) is 24.3 Å². The van der Waals surface area contributed by atoms with Crippen LogP contribution in [0.4, 0.5) is 0 Å². The standard InChI is InChI=1S/C34H30O10/c1-39-25-11-7-19(15-23(25)33(37)31(35)21-9-13-27(41-3)29(17-21)43-5)20-8-12-26(40-2)24(16-20)34(38)32(36)22-10-14-28(42-4)30(18-22)44-6/h7-18H,1-6H3. The summed E-state index contributed by atoms with van der Waals surface area (Å²) in [4.78, 5) is 53.4. The molecule has 44 heavy (non-hydrogen) atoms. The first kappa shape index (κ1) is 31.3. The minimum atomic E-state index is -0.815. The molecule has 0 N–H and O–H groups in total. The Morgan fingerprint density at radius 2 is 0.682 bits per heavy atom. The van der Waals surface area contributed by atoms with Gasteiger partial charge in [-0.3, -0.25) is 19.2 Å². The van der Waals surface area contributed by atoms with Crippen LogP contribution in [0.15, 0.2) is 72.8 Å². The highest BCUT2D eigenvalue weighted by molar-refractivity contribution is 6.50. The molecule has 0 atom stereocenters. The molecule has 0 fully saturated rings. The van der Waals surface area contributed by atoms with Gasteiger partial charge in [0, 0.05) is 11.1 Å². The van der Waals surface area contributed by atoms with Gasteiger partial charge in [-0.15, -0.1) is 0 Å². The van der Waals surface area contributed by atoms with Crippen molar-refractivity contribution in [1.82, 2.24) is 0 Å². The second-order valence-corrected chi connectivity index (χ2v) is 9.29. The highest BCUT2D eigenvalue weighted by Gasteiger charge is 2.26. The topological polar surface area (TPSA) is 124 Å². The largest absolute Gasteiger partial charge is 0.496 e. The van der Waals surface area contributed by atoms with E-state index in [1.807, 2.05) is 0 Å². The van der Waals surface area contributed by atoms with Crippen LogP contribution >= 0.6 is 0 Å². The van der Waals surface area contributed by atoms with Crippen LogP contribution in [0, 0.1) is 0 Å². The van der Waals surface area contributed by atoms with Gasteiger partial charge >= 0.3 is 0 Å². The fourth-order valence-corrected chi connectivity index (χ4v) is 4.59. The Hall–Kier alpha value is -5.64. The molecule has 4 aromatic rings. The molecule has 10 heteroatoms. The van der Waals surface area contributed by atoms with E-state index >= 15 is 0 Å². The van der Waals surface area contributed by atoms with Crippen molar-refractivity contribution in [1.29, 1.82) is 0 Å². The summed E-state index contributed by atoms with van der Waals surface area (Å²) in [6, 6.07) is 18.3. The molecule has 4 aromatic carbocycles. The number of carbonyl (C=O) groups excluding carboxylic acids is 4. The van der Waals surface area contributed by atoms with Crippen LogP contribution in [0.25, 0.3) is 11.1 Å². The van der Waals surface area contributed by atoms with Crippen LogP contribution < -0.4 is 28.4 Å². The number of Topliss-reactive ketones (excluding diaryl/α,β-unsaturated/α-hetero) is 4. The number of benzene rings is 4. The maximum Gasteiger partial charge on any atom is 0.237 e. The fourth-order valence-electron chi connectivity index (χ4n) is 4.59. The summed E-state index contributed by atoms with van der Waals surface area (Å²) in [6.07, 6.45) is 0. The smallest absolute Gasteiger partial charge is 0.237 e. The third-order valence-corrected chi connectivity index (χ3v) is 6.93. The van der Waals surface area contributed by atoms with E-state index in [-0.39, 0.29) is 33.8 Å². The van der Waals surface area contributed by atoms with E-state index in [0.717, 1.165) is 0 Å². The van der Waals surface area contributed by atoms with E-state index < -0.39 is 23.1 Å². The molecule has 0 unspecified atom stereocenters. The normalized spacial score (nSPS) is 10.4. The Balaban J connectivity index is 1.72. The Morgan fingerprint density at radius 3 is 1.00 bits per heavy atom. The lowest BCUT2D eigenvalue weighted by Gasteiger charge is -2.13. The predicted octanol–water partition coefficient (Wildman–Crippen LogP) is 5.54. The third-order valence-electron chi connectivity index (χ3n) is 6.93. The molecule has 0 spiro atoms. The zero-order chi connectivity index (χ0) is 32.0. The zero-order valence-electron chi connectivity index (χ0n) is 25.0. The van der Waals surface area contributed by atoms with Crippen LogP contribution in [0.5, 0.6) is 34.5 Å². The molecule has 0 bridgehead atoms. The molecular weight excluding hydrogens is 568 g/mol. The fraction of sp³-hybridized carbons (Fsp3) is 0.176. The van der Waals surface area contributed by atoms with Crippen LogP contribution in [0.2, 0.25) is 0 Å². The molecule has 0 aliphatic rings. The number of rotatable bonds is 13. The number of ether oxygens (including phenoxy) is 6. The van der Waals surface area contributed by atoms with Gasteiger partial charge in [0.25, 0.3) is 0 Å². The Morgan fingerprint density at radius 1 is 0.364 bits per heavy atom. The monoisotopic (exact) mass is 598 g/mol. The number of ketones is 4. The molecule has 226 valence electrons. The van der Waals surface area contributed by atoms with Crippen molar-refractivity contribution in [3.8, 4) is 45.6 Å². The Kier molecular flexibility index (Phi) is 9.64. The molecule has 0 aliphatic heterocycles. The SMILES string of the molecule is COc1ccc(C(=O)C(=O)c2cc(-c3ccc(OC)c(C(=O)C(=O)c4ccc(OC)c(OC)c4)c3)ccc2OC)cc1OC. The second-order valence-electron chi connectivity index (χ2n) is 9.29. The molecule has 0 amide bonds. The van der Waals surface area contributed by atoms with Crippen molar-refractivity contribution in [2.24, 2.45) is 0 Å². The summed E-state index contributed by atoms with van der Waals surface area (Å²) in [5.41, 5.74) is 1.20. The maximum absolute atomic E-state index is 13.4. The lowest BCUT2D eigenvalue weighted by molar-refractivity contribution is 0.0815. The molecule has 0 saturated heterocycles. The number of hydrogen-bond donors (Lipinski definition) is 0. The van der Waals surface area contributed by atoms with E-state index in [1.165, 1.54) is 91.2 Å². The predicted molar refractivity (Wildman–Crippen MR) is 161 cm³/mol. The molecule has 0 saturated carbocycles. The lowest BCUT2D eigenvalue weighted by atomic mass is 9.93. The molecular formula is C34H30O10. The lowest BCUT2D eigenvalue weighted by Crippen LogP contribution is -2.16. The quantitative estimate of drug-likeness (QED) is 0.143. The van der Waals surface area contributed by atoms with Crippen molar-refractivity contribution in [3.05, 3.63) is 95.1 Å². The molecule has 0 aliphatic carbocycles. The summed E-state index contributed by atoms with van der Waals surface area (Å²) < 4.78 is 31.7. The maximum atomic E-state index is 13.4. The van der Waals surface area contributed by atoms with Gasteiger partial charge in [0.2, 0.25) is 23.1 Å². The van der Waals surface area contributed by atoms with Gasteiger partial charge < -0.3 is 28.4 Å². The summed E-state index contributed by atoms with van der Waals surface area (Å²) >= 11 is 0.